The highest BCUT2D eigenvalue weighted by atomic mass is 16.5. The molecule has 0 amide bonds. The summed E-state index contributed by atoms with van der Waals surface area (Å²) in [5.41, 5.74) is 1.64. The van der Waals surface area contributed by atoms with Crippen LogP contribution < -0.4 is 4.74 Å². The van der Waals surface area contributed by atoms with Gasteiger partial charge in [0, 0.05) is 50.8 Å². The number of ether oxygens (including phenoxy) is 3. The molecule has 3 aliphatic heterocycles. The van der Waals surface area contributed by atoms with E-state index in [2.05, 4.69) is 34.1 Å². The van der Waals surface area contributed by atoms with Crippen LogP contribution in [0.4, 0.5) is 0 Å². The molecule has 0 saturated carbocycles. The molecular formula is C21H32N2O3. The second-order valence-corrected chi connectivity index (χ2v) is 8.18. The Morgan fingerprint density at radius 2 is 1.85 bits per heavy atom. The molecule has 3 fully saturated rings. The normalized spacial score (nSPS) is 29.1. The molecule has 1 atom stereocenters. The van der Waals surface area contributed by atoms with Crippen molar-refractivity contribution in [2.45, 2.75) is 31.8 Å². The quantitative estimate of drug-likeness (QED) is 0.824. The molecule has 3 aliphatic rings. The van der Waals surface area contributed by atoms with E-state index in [4.69, 9.17) is 14.2 Å². The minimum absolute atomic E-state index is 0.293. The first-order valence-electron chi connectivity index (χ1n) is 10.0. The molecule has 26 heavy (non-hydrogen) atoms. The van der Waals surface area contributed by atoms with Crippen molar-refractivity contribution in [1.82, 2.24) is 9.80 Å². The van der Waals surface area contributed by atoms with Crippen LogP contribution in [-0.2, 0) is 16.0 Å². The third-order valence-corrected chi connectivity index (χ3v) is 6.26. The van der Waals surface area contributed by atoms with Crippen LogP contribution in [0.3, 0.4) is 0 Å². The summed E-state index contributed by atoms with van der Waals surface area (Å²) in [5, 5.41) is 0. The summed E-state index contributed by atoms with van der Waals surface area (Å²) in [7, 11) is 1.72. The van der Waals surface area contributed by atoms with E-state index in [9.17, 15) is 0 Å². The average molecular weight is 360 g/mol. The Hall–Kier alpha value is -1.14. The molecule has 1 aromatic carbocycles. The molecule has 0 unspecified atom stereocenters. The Kier molecular flexibility index (Phi) is 5.79. The minimum atomic E-state index is 0.293. The van der Waals surface area contributed by atoms with E-state index in [0.29, 0.717) is 11.5 Å². The first kappa shape index (κ1) is 18.2. The summed E-state index contributed by atoms with van der Waals surface area (Å²) >= 11 is 0. The fourth-order valence-electron chi connectivity index (χ4n) is 4.78. The van der Waals surface area contributed by atoms with Crippen LogP contribution in [0.15, 0.2) is 24.3 Å². The van der Waals surface area contributed by atoms with Gasteiger partial charge in [-0.25, -0.2) is 0 Å². The monoisotopic (exact) mass is 360 g/mol. The van der Waals surface area contributed by atoms with Gasteiger partial charge in [0.2, 0.25) is 0 Å². The van der Waals surface area contributed by atoms with Gasteiger partial charge in [-0.1, -0.05) is 12.1 Å². The number of hydrogen-bond donors (Lipinski definition) is 0. The van der Waals surface area contributed by atoms with Gasteiger partial charge in [-0.05, 0) is 43.5 Å². The maximum Gasteiger partial charge on any atom is 0.118 e. The molecule has 5 nitrogen and oxygen atoms in total. The number of hydrogen-bond acceptors (Lipinski definition) is 5. The lowest BCUT2D eigenvalue weighted by molar-refractivity contribution is 0.0284. The van der Waals surface area contributed by atoms with Gasteiger partial charge in [-0.15, -0.1) is 0 Å². The van der Waals surface area contributed by atoms with E-state index in [-0.39, 0.29) is 0 Å². The lowest BCUT2D eigenvalue weighted by Crippen LogP contribution is -2.43. The van der Waals surface area contributed by atoms with Crippen LogP contribution >= 0.6 is 0 Å². The summed E-state index contributed by atoms with van der Waals surface area (Å²) in [6, 6.07) is 9.19. The smallest absolute Gasteiger partial charge is 0.118 e. The van der Waals surface area contributed by atoms with Crippen molar-refractivity contribution in [1.29, 1.82) is 0 Å². The zero-order valence-electron chi connectivity index (χ0n) is 16.0. The zero-order chi connectivity index (χ0) is 17.8. The van der Waals surface area contributed by atoms with Crippen molar-refractivity contribution in [3.63, 3.8) is 0 Å². The van der Waals surface area contributed by atoms with Gasteiger partial charge in [0.15, 0.2) is 0 Å². The Morgan fingerprint density at radius 3 is 2.62 bits per heavy atom. The molecule has 0 N–H and O–H groups in total. The predicted molar refractivity (Wildman–Crippen MR) is 102 cm³/mol. The third-order valence-electron chi connectivity index (χ3n) is 6.26. The Morgan fingerprint density at radius 1 is 1.04 bits per heavy atom. The summed E-state index contributed by atoms with van der Waals surface area (Å²) in [6.45, 7) is 9.14. The van der Waals surface area contributed by atoms with E-state index >= 15 is 0 Å². The molecular weight excluding hydrogens is 328 g/mol. The fourth-order valence-corrected chi connectivity index (χ4v) is 4.78. The van der Waals surface area contributed by atoms with Crippen molar-refractivity contribution >= 4 is 0 Å². The topological polar surface area (TPSA) is 34.2 Å². The maximum absolute atomic E-state index is 6.06. The van der Waals surface area contributed by atoms with E-state index in [1.54, 1.807) is 7.11 Å². The van der Waals surface area contributed by atoms with Gasteiger partial charge in [0.05, 0.1) is 20.3 Å². The summed E-state index contributed by atoms with van der Waals surface area (Å²) in [5.74, 6) is 0.923. The molecule has 0 aromatic heterocycles. The second-order valence-electron chi connectivity index (χ2n) is 8.18. The van der Waals surface area contributed by atoms with Crippen molar-refractivity contribution in [3.05, 3.63) is 29.8 Å². The van der Waals surface area contributed by atoms with Crippen molar-refractivity contribution < 1.29 is 14.2 Å². The fraction of sp³-hybridized carbons (Fsp3) is 0.714. The van der Waals surface area contributed by atoms with E-state index in [0.717, 1.165) is 51.8 Å². The molecule has 3 saturated heterocycles. The van der Waals surface area contributed by atoms with Gasteiger partial charge >= 0.3 is 0 Å². The molecule has 3 heterocycles. The summed E-state index contributed by atoms with van der Waals surface area (Å²) in [4.78, 5) is 5.30. The van der Waals surface area contributed by atoms with Gasteiger partial charge in [0.1, 0.15) is 5.75 Å². The maximum atomic E-state index is 6.06. The number of likely N-dealkylation sites (tertiary alicyclic amines) is 1. The highest BCUT2D eigenvalue weighted by Gasteiger charge is 2.43. The standard InChI is InChI=1S/C21H32N2O3/c1-24-20-4-2-18(3-5-20)14-22-10-13-26-17-21(15-22)8-9-23(16-21)19-6-11-25-12-7-19/h2-5,19H,6-17H2,1H3/t21-/m0/s1. The molecule has 1 aromatic rings. The first-order chi connectivity index (χ1) is 12.8. The van der Waals surface area contributed by atoms with Crippen molar-refractivity contribution in [2.24, 2.45) is 5.41 Å². The lowest BCUT2D eigenvalue weighted by Gasteiger charge is -2.35. The Bertz CT molecular complexity index is 573. The number of benzene rings is 1. The molecule has 0 aliphatic carbocycles. The lowest BCUT2D eigenvalue weighted by atomic mass is 9.87. The van der Waals surface area contributed by atoms with Gasteiger partial charge in [0.25, 0.3) is 0 Å². The first-order valence-corrected chi connectivity index (χ1v) is 10.0. The number of nitrogens with zero attached hydrogens (tertiary/aromatic N) is 2. The minimum Gasteiger partial charge on any atom is -0.497 e. The van der Waals surface area contributed by atoms with E-state index < -0.39 is 0 Å². The zero-order valence-corrected chi connectivity index (χ0v) is 16.0. The van der Waals surface area contributed by atoms with Gasteiger partial charge in [-0.2, -0.15) is 0 Å². The second kappa shape index (κ2) is 8.26. The van der Waals surface area contributed by atoms with Crippen LogP contribution in [0, 0.1) is 5.41 Å². The van der Waals surface area contributed by atoms with E-state index in [1.165, 1.54) is 37.9 Å². The Labute approximate surface area is 157 Å². The summed E-state index contributed by atoms with van der Waals surface area (Å²) < 4.78 is 16.9. The summed E-state index contributed by atoms with van der Waals surface area (Å²) in [6.07, 6.45) is 3.63. The molecule has 4 rings (SSSR count). The van der Waals surface area contributed by atoms with Crippen molar-refractivity contribution in [2.75, 3.05) is 59.7 Å². The van der Waals surface area contributed by atoms with Crippen LogP contribution in [0.25, 0.3) is 0 Å². The third kappa shape index (κ3) is 4.22. The van der Waals surface area contributed by atoms with Crippen LogP contribution in [0.5, 0.6) is 5.75 Å². The van der Waals surface area contributed by atoms with Crippen LogP contribution in [-0.4, -0.2) is 75.6 Å². The van der Waals surface area contributed by atoms with Crippen LogP contribution in [0.1, 0.15) is 24.8 Å². The Balaban J connectivity index is 1.39. The molecule has 144 valence electrons. The highest BCUT2D eigenvalue weighted by Crippen LogP contribution is 2.36. The molecule has 0 radical (unpaired) electrons. The molecule has 1 spiro atoms. The van der Waals surface area contributed by atoms with Crippen molar-refractivity contribution in [3.8, 4) is 5.75 Å². The number of methoxy groups -OCH3 is 1. The number of rotatable bonds is 4. The van der Waals surface area contributed by atoms with Gasteiger partial charge in [-0.3, -0.25) is 9.80 Å². The average Bonchev–Trinajstić information content (AvgIpc) is 3.00. The van der Waals surface area contributed by atoms with E-state index in [1.807, 2.05) is 0 Å². The molecule has 0 bridgehead atoms. The SMILES string of the molecule is COc1ccc(CN2CCOC[C@@]3(CCN(C4CCOCC4)C3)C2)cc1. The highest BCUT2D eigenvalue weighted by molar-refractivity contribution is 5.27. The van der Waals surface area contributed by atoms with Crippen LogP contribution in [0.2, 0.25) is 0 Å². The predicted octanol–water partition coefficient (Wildman–Crippen LogP) is 2.40. The molecule has 5 heteroatoms. The van der Waals surface area contributed by atoms with Gasteiger partial charge < -0.3 is 14.2 Å². The largest absolute Gasteiger partial charge is 0.497 e.